The summed E-state index contributed by atoms with van der Waals surface area (Å²) in [5.41, 5.74) is 8.25. The van der Waals surface area contributed by atoms with Crippen molar-refractivity contribution < 1.29 is 0 Å². The molecule has 2 aromatic carbocycles. The summed E-state index contributed by atoms with van der Waals surface area (Å²) in [6.45, 7) is 2.99. The lowest BCUT2D eigenvalue weighted by Crippen LogP contribution is -2.28. The van der Waals surface area contributed by atoms with Crippen LogP contribution in [-0.2, 0) is 6.54 Å². The van der Waals surface area contributed by atoms with Crippen LogP contribution < -0.4 is 5.73 Å². The molecule has 2 N–H and O–H groups in total. The number of anilines is 1. The van der Waals surface area contributed by atoms with Gasteiger partial charge >= 0.3 is 0 Å². The minimum Gasteiger partial charge on any atom is -0.398 e. The van der Waals surface area contributed by atoms with E-state index in [0.29, 0.717) is 0 Å². The highest BCUT2D eigenvalue weighted by Crippen LogP contribution is 2.22. The van der Waals surface area contributed by atoms with Gasteiger partial charge in [-0.2, -0.15) is 0 Å². The quantitative estimate of drug-likeness (QED) is 0.835. The molecule has 0 aromatic heterocycles. The first-order valence-corrected chi connectivity index (χ1v) is 6.66. The highest BCUT2D eigenvalue weighted by atomic mass is 15.1. The van der Waals surface area contributed by atoms with Crippen molar-refractivity contribution in [3.63, 3.8) is 0 Å². The van der Waals surface area contributed by atoms with Gasteiger partial charge in [0, 0.05) is 25.3 Å². The second-order valence-corrected chi connectivity index (χ2v) is 5.44. The molecule has 0 amide bonds. The highest BCUT2D eigenvalue weighted by Gasteiger charge is 2.06. The number of benzene rings is 2. The van der Waals surface area contributed by atoms with E-state index < -0.39 is 0 Å². The zero-order valence-corrected chi connectivity index (χ0v) is 12.1. The number of hydrogen-bond donors (Lipinski definition) is 1. The molecule has 0 radical (unpaired) electrons. The molecule has 0 heterocycles. The van der Waals surface area contributed by atoms with Crippen LogP contribution in [0.2, 0.25) is 0 Å². The smallest absolute Gasteiger partial charge is 0.0366 e. The molecule has 2 aromatic rings. The molecular formula is C16H23N3. The van der Waals surface area contributed by atoms with Gasteiger partial charge < -0.3 is 15.5 Å². The number of likely N-dealkylation sites (N-methyl/N-ethyl adjacent to an activating group) is 2. The van der Waals surface area contributed by atoms with Crippen molar-refractivity contribution in [3.8, 4) is 0 Å². The number of rotatable bonds is 5. The maximum absolute atomic E-state index is 6.15. The van der Waals surface area contributed by atoms with Gasteiger partial charge in [-0.15, -0.1) is 0 Å². The first-order valence-electron chi connectivity index (χ1n) is 6.66. The molecule has 2 rings (SSSR count). The van der Waals surface area contributed by atoms with Crippen molar-refractivity contribution in [1.82, 2.24) is 9.80 Å². The van der Waals surface area contributed by atoms with Gasteiger partial charge in [0.1, 0.15) is 0 Å². The maximum Gasteiger partial charge on any atom is 0.0366 e. The van der Waals surface area contributed by atoms with E-state index in [1.165, 1.54) is 16.3 Å². The average molecular weight is 257 g/mol. The zero-order chi connectivity index (χ0) is 13.8. The first-order chi connectivity index (χ1) is 9.06. The minimum atomic E-state index is 0.885. The lowest BCUT2D eigenvalue weighted by Gasteiger charge is -2.20. The van der Waals surface area contributed by atoms with Gasteiger partial charge in [-0.1, -0.05) is 24.3 Å². The molecule has 0 saturated carbocycles. The molecule has 3 nitrogen and oxygen atoms in total. The molecule has 0 unspecified atom stereocenters. The topological polar surface area (TPSA) is 32.5 Å². The summed E-state index contributed by atoms with van der Waals surface area (Å²) in [6, 6.07) is 12.6. The van der Waals surface area contributed by atoms with Crippen molar-refractivity contribution in [1.29, 1.82) is 0 Å². The van der Waals surface area contributed by atoms with E-state index in [1.54, 1.807) is 0 Å². The second-order valence-electron chi connectivity index (χ2n) is 5.44. The number of hydrogen-bond acceptors (Lipinski definition) is 3. The third-order valence-corrected chi connectivity index (χ3v) is 3.38. The summed E-state index contributed by atoms with van der Waals surface area (Å²) < 4.78 is 0. The number of nitrogens with two attached hydrogens (primary N) is 1. The Morgan fingerprint density at radius 1 is 0.947 bits per heavy atom. The van der Waals surface area contributed by atoms with Gasteiger partial charge in [-0.25, -0.2) is 0 Å². The van der Waals surface area contributed by atoms with Crippen LogP contribution >= 0.6 is 0 Å². The number of fused-ring (bicyclic) bond motifs is 1. The predicted octanol–water partition coefficient (Wildman–Crippen LogP) is 2.42. The van der Waals surface area contributed by atoms with Crippen molar-refractivity contribution in [2.75, 3.05) is 40.0 Å². The zero-order valence-electron chi connectivity index (χ0n) is 12.1. The first kappa shape index (κ1) is 13.8. The highest BCUT2D eigenvalue weighted by molar-refractivity contribution is 5.86. The van der Waals surface area contributed by atoms with E-state index in [9.17, 15) is 0 Å². The minimum absolute atomic E-state index is 0.885. The Morgan fingerprint density at radius 2 is 1.58 bits per heavy atom. The third-order valence-electron chi connectivity index (χ3n) is 3.38. The molecule has 0 bridgehead atoms. The second kappa shape index (κ2) is 6.04. The lowest BCUT2D eigenvalue weighted by atomic mass is 10.0. The molecule has 0 aliphatic carbocycles. The SMILES string of the molecule is CN(C)CCN(C)Cc1cc2ccccc2cc1N. The van der Waals surface area contributed by atoms with Gasteiger partial charge in [0.15, 0.2) is 0 Å². The fourth-order valence-electron chi connectivity index (χ4n) is 2.18. The van der Waals surface area contributed by atoms with E-state index in [2.05, 4.69) is 61.3 Å². The largest absolute Gasteiger partial charge is 0.398 e. The Kier molecular flexibility index (Phi) is 4.40. The maximum atomic E-state index is 6.15. The van der Waals surface area contributed by atoms with Gasteiger partial charge in [0.25, 0.3) is 0 Å². The van der Waals surface area contributed by atoms with Crippen LogP contribution in [0.3, 0.4) is 0 Å². The Hall–Kier alpha value is -1.58. The van der Waals surface area contributed by atoms with Crippen LogP contribution in [0.25, 0.3) is 10.8 Å². The monoisotopic (exact) mass is 257 g/mol. The Bertz CT molecular complexity index is 549. The Balaban J connectivity index is 2.13. The molecule has 0 aliphatic heterocycles. The molecular weight excluding hydrogens is 234 g/mol. The average Bonchev–Trinajstić information content (AvgIpc) is 2.37. The van der Waals surface area contributed by atoms with Crippen LogP contribution in [0, 0.1) is 0 Å². The summed E-state index contributed by atoms with van der Waals surface area (Å²) in [4.78, 5) is 4.50. The molecule has 0 aliphatic rings. The van der Waals surface area contributed by atoms with Gasteiger partial charge in [-0.05, 0) is 49.6 Å². The number of nitrogens with zero attached hydrogens (tertiary/aromatic N) is 2. The van der Waals surface area contributed by atoms with E-state index in [0.717, 1.165) is 25.3 Å². The van der Waals surface area contributed by atoms with Crippen LogP contribution in [-0.4, -0.2) is 44.0 Å². The number of nitrogen functional groups attached to an aromatic ring is 1. The summed E-state index contributed by atoms with van der Waals surface area (Å²) in [6.07, 6.45) is 0. The standard InChI is InChI=1S/C16H23N3/c1-18(2)8-9-19(3)12-15-10-13-6-4-5-7-14(13)11-16(15)17/h4-7,10-11H,8-9,12,17H2,1-3H3. The van der Waals surface area contributed by atoms with Crippen molar-refractivity contribution >= 4 is 16.5 Å². The van der Waals surface area contributed by atoms with E-state index in [4.69, 9.17) is 5.73 Å². The van der Waals surface area contributed by atoms with Crippen LogP contribution in [0.1, 0.15) is 5.56 Å². The summed E-state index contributed by atoms with van der Waals surface area (Å²) in [5.74, 6) is 0. The van der Waals surface area contributed by atoms with Crippen molar-refractivity contribution in [3.05, 3.63) is 42.0 Å². The molecule has 0 spiro atoms. The molecule has 3 heteroatoms. The predicted molar refractivity (Wildman–Crippen MR) is 83.2 cm³/mol. The Morgan fingerprint density at radius 3 is 2.21 bits per heavy atom. The lowest BCUT2D eigenvalue weighted by molar-refractivity contribution is 0.277. The summed E-state index contributed by atoms with van der Waals surface area (Å²) >= 11 is 0. The van der Waals surface area contributed by atoms with Crippen LogP contribution in [0.4, 0.5) is 5.69 Å². The molecule has 102 valence electrons. The molecule has 0 saturated heterocycles. The van der Waals surface area contributed by atoms with E-state index in [-0.39, 0.29) is 0 Å². The van der Waals surface area contributed by atoms with E-state index in [1.807, 2.05) is 6.07 Å². The van der Waals surface area contributed by atoms with E-state index >= 15 is 0 Å². The van der Waals surface area contributed by atoms with Crippen LogP contribution in [0.5, 0.6) is 0 Å². The third kappa shape index (κ3) is 3.69. The summed E-state index contributed by atoms with van der Waals surface area (Å²) in [7, 11) is 6.33. The van der Waals surface area contributed by atoms with Crippen molar-refractivity contribution in [2.24, 2.45) is 0 Å². The molecule has 0 atom stereocenters. The fourth-order valence-corrected chi connectivity index (χ4v) is 2.18. The summed E-state index contributed by atoms with van der Waals surface area (Å²) in [5, 5.41) is 2.47. The molecule has 0 fully saturated rings. The fraction of sp³-hybridized carbons (Fsp3) is 0.375. The van der Waals surface area contributed by atoms with Crippen molar-refractivity contribution in [2.45, 2.75) is 6.54 Å². The van der Waals surface area contributed by atoms with Gasteiger partial charge in [-0.3, -0.25) is 0 Å². The van der Waals surface area contributed by atoms with Crippen LogP contribution in [0.15, 0.2) is 36.4 Å². The molecule has 19 heavy (non-hydrogen) atoms. The van der Waals surface area contributed by atoms with Gasteiger partial charge in [0.05, 0.1) is 0 Å². The van der Waals surface area contributed by atoms with Gasteiger partial charge in [0.2, 0.25) is 0 Å². The Labute approximate surface area is 115 Å². The normalized spacial score (nSPS) is 11.6.